The van der Waals surface area contributed by atoms with Crippen molar-refractivity contribution >= 4 is 39.5 Å². The van der Waals surface area contributed by atoms with Gasteiger partial charge in [-0.15, -0.1) is 0 Å². The van der Waals surface area contributed by atoms with Crippen molar-refractivity contribution in [1.29, 1.82) is 0 Å². The van der Waals surface area contributed by atoms with Crippen LogP contribution < -0.4 is 10.6 Å². The molecule has 2 aromatic heterocycles. The van der Waals surface area contributed by atoms with Crippen LogP contribution in [0.5, 0.6) is 0 Å². The molecule has 0 saturated carbocycles. The molecule has 2 heterocycles. The Bertz CT molecular complexity index is 1210. The molecule has 0 aliphatic heterocycles. The first-order valence-electron chi connectivity index (χ1n) is 8.84. The third-order valence-electron chi connectivity index (χ3n) is 4.37. The van der Waals surface area contributed by atoms with Crippen LogP contribution in [0.2, 0.25) is 0 Å². The van der Waals surface area contributed by atoms with E-state index in [9.17, 15) is 14.0 Å². The van der Waals surface area contributed by atoms with E-state index in [2.05, 4.69) is 15.6 Å². The molecule has 0 aliphatic rings. The Morgan fingerprint density at radius 1 is 1.00 bits per heavy atom. The number of amides is 2. The van der Waals surface area contributed by atoms with Gasteiger partial charge in [0.25, 0.3) is 5.91 Å². The highest BCUT2D eigenvalue weighted by Crippen LogP contribution is 2.28. The number of carbonyl (C=O) groups is 2. The zero-order chi connectivity index (χ0) is 20.5. The Labute approximate surface area is 170 Å². The van der Waals surface area contributed by atoms with E-state index in [0.717, 1.165) is 17.0 Å². The summed E-state index contributed by atoms with van der Waals surface area (Å²) in [5.74, 6) is -0.678. The summed E-state index contributed by atoms with van der Waals surface area (Å²) in [5.41, 5.74) is 3.60. The van der Waals surface area contributed by atoms with Crippen LogP contribution in [0.15, 0.2) is 54.7 Å². The highest BCUT2D eigenvalue weighted by Gasteiger charge is 2.18. The Kier molecular flexibility index (Phi) is 4.85. The Morgan fingerprint density at radius 2 is 1.62 bits per heavy atom. The van der Waals surface area contributed by atoms with Crippen LogP contribution in [0, 0.1) is 12.7 Å². The first kappa shape index (κ1) is 18.8. The van der Waals surface area contributed by atoms with Gasteiger partial charge in [-0.05, 0) is 55.5 Å². The maximum atomic E-state index is 13.1. The van der Waals surface area contributed by atoms with Gasteiger partial charge in [0, 0.05) is 35.8 Å². The largest absolute Gasteiger partial charge is 0.326 e. The fourth-order valence-corrected chi connectivity index (χ4v) is 3.95. The lowest BCUT2D eigenvalue weighted by atomic mass is 10.2. The lowest BCUT2D eigenvalue weighted by Gasteiger charge is -2.06. The lowest BCUT2D eigenvalue weighted by Crippen LogP contribution is -2.12. The van der Waals surface area contributed by atoms with Gasteiger partial charge in [-0.2, -0.15) is 0 Å². The number of aromatic nitrogens is 2. The quantitative estimate of drug-likeness (QED) is 0.513. The second-order valence-electron chi connectivity index (χ2n) is 6.51. The van der Waals surface area contributed by atoms with Crippen molar-refractivity contribution < 1.29 is 14.0 Å². The third-order valence-corrected chi connectivity index (χ3v) is 5.52. The molecule has 0 saturated heterocycles. The number of halogens is 1. The van der Waals surface area contributed by atoms with E-state index < -0.39 is 0 Å². The molecule has 6 nitrogen and oxygen atoms in total. The van der Waals surface area contributed by atoms with Gasteiger partial charge in [-0.1, -0.05) is 11.3 Å². The number of hydrogen-bond donors (Lipinski definition) is 2. The predicted molar refractivity (Wildman–Crippen MR) is 112 cm³/mol. The van der Waals surface area contributed by atoms with Crippen LogP contribution in [-0.4, -0.2) is 21.2 Å². The number of thiazole rings is 1. The van der Waals surface area contributed by atoms with E-state index in [1.807, 2.05) is 17.5 Å². The van der Waals surface area contributed by atoms with E-state index >= 15 is 0 Å². The molecule has 4 rings (SSSR count). The number of rotatable bonds is 4. The average molecular weight is 408 g/mol. The van der Waals surface area contributed by atoms with E-state index in [1.54, 1.807) is 36.4 Å². The highest BCUT2D eigenvalue weighted by molar-refractivity contribution is 7.19. The standard InChI is InChI=1S/C21H17FN4O2S/c1-12-19(20(28)24-17-9-7-16(8-10-17)23-13(2)27)29-21-25-18(11-26(12)21)14-3-5-15(22)6-4-14/h3-11H,1-2H3,(H,23,27)(H,24,28). The molecule has 2 aromatic carbocycles. The molecular formula is C21H17FN4O2S. The van der Waals surface area contributed by atoms with Crippen molar-refractivity contribution in [2.75, 3.05) is 10.6 Å². The topological polar surface area (TPSA) is 75.5 Å². The van der Waals surface area contributed by atoms with Gasteiger partial charge < -0.3 is 10.6 Å². The van der Waals surface area contributed by atoms with Crippen LogP contribution in [0.3, 0.4) is 0 Å². The summed E-state index contributed by atoms with van der Waals surface area (Å²) < 4.78 is 15.0. The van der Waals surface area contributed by atoms with E-state index in [0.29, 0.717) is 21.2 Å². The summed E-state index contributed by atoms with van der Waals surface area (Å²) in [6.45, 7) is 3.29. The summed E-state index contributed by atoms with van der Waals surface area (Å²) in [7, 11) is 0. The molecule has 0 spiro atoms. The highest BCUT2D eigenvalue weighted by atomic mass is 32.1. The van der Waals surface area contributed by atoms with Crippen molar-refractivity contribution in [2.45, 2.75) is 13.8 Å². The first-order chi connectivity index (χ1) is 13.9. The molecule has 0 atom stereocenters. The fraction of sp³-hybridized carbons (Fsp3) is 0.0952. The van der Waals surface area contributed by atoms with E-state index in [4.69, 9.17) is 0 Å². The van der Waals surface area contributed by atoms with Gasteiger partial charge in [-0.25, -0.2) is 9.37 Å². The minimum Gasteiger partial charge on any atom is -0.326 e. The number of carbonyl (C=O) groups excluding carboxylic acids is 2. The number of hydrogen-bond acceptors (Lipinski definition) is 4. The summed E-state index contributed by atoms with van der Waals surface area (Å²) in [6, 6.07) is 13.0. The third kappa shape index (κ3) is 3.88. The van der Waals surface area contributed by atoms with Crippen molar-refractivity contribution in [2.24, 2.45) is 0 Å². The zero-order valence-corrected chi connectivity index (χ0v) is 16.5. The average Bonchev–Trinajstić information content (AvgIpc) is 3.23. The number of aryl methyl sites for hydroxylation is 1. The molecule has 146 valence electrons. The van der Waals surface area contributed by atoms with Crippen molar-refractivity contribution in [3.8, 4) is 11.3 Å². The van der Waals surface area contributed by atoms with Gasteiger partial charge in [-0.3, -0.25) is 14.0 Å². The molecule has 2 N–H and O–H groups in total. The van der Waals surface area contributed by atoms with Crippen molar-refractivity contribution in [3.05, 3.63) is 71.1 Å². The van der Waals surface area contributed by atoms with Gasteiger partial charge in [0.05, 0.1) is 5.69 Å². The van der Waals surface area contributed by atoms with Crippen LogP contribution in [0.1, 0.15) is 22.3 Å². The SMILES string of the molecule is CC(=O)Nc1ccc(NC(=O)c2sc3nc(-c4ccc(F)cc4)cn3c2C)cc1. The van der Waals surface area contributed by atoms with Crippen LogP contribution in [-0.2, 0) is 4.79 Å². The van der Waals surface area contributed by atoms with Crippen molar-refractivity contribution in [3.63, 3.8) is 0 Å². The van der Waals surface area contributed by atoms with E-state index in [1.165, 1.54) is 30.4 Å². The minimum atomic E-state index is -0.296. The molecule has 0 unspecified atom stereocenters. The summed E-state index contributed by atoms with van der Waals surface area (Å²) in [6.07, 6.45) is 1.84. The number of nitrogens with zero attached hydrogens (tertiary/aromatic N) is 2. The zero-order valence-electron chi connectivity index (χ0n) is 15.7. The second-order valence-corrected chi connectivity index (χ2v) is 7.49. The van der Waals surface area contributed by atoms with Gasteiger partial charge in [0.15, 0.2) is 4.96 Å². The molecule has 8 heteroatoms. The Morgan fingerprint density at radius 3 is 2.21 bits per heavy atom. The summed E-state index contributed by atoms with van der Waals surface area (Å²) in [5, 5.41) is 5.54. The monoisotopic (exact) mass is 408 g/mol. The van der Waals surface area contributed by atoms with Gasteiger partial charge >= 0.3 is 0 Å². The van der Waals surface area contributed by atoms with Gasteiger partial charge in [0.1, 0.15) is 10.7 Å². The lowest BCUT2D eigenvalue weighted by molar-refractivity contribution is -0.114. The smallest absolute Gasteiger partial charge is 0.267 e. The van der Waals surface area contributed by atoms with Crippen LogP contribution in [0.25, 0.3) is 16.2 Å². The minimum absolute atomic E-state index is 0.153. The Balaban J connectivity index is 1.55. The van der Waals surface area contributed by atoms with E-state index in [-0.39, 0.29) is 17.6 Å². The van der Waals surface area contributed by atoms with Crippen molar-refractivity contribution in [1.82, 2.24) is 9.38 Å². The van der Waals surface area contributed by atoms with Crippen LogP contribution >= 0.6 is 11.3 Å². The number of fused-ring (bicyclic) bond motifs is 1. The number of benzene rings is 2. The number of imidazole rings is 1. The molecule has 0 fully saturated rings. The normalized spacial score (nSPS) is 10.9. The number of anilines is 2. The molecular weight excluding hydrogens is 391 g/mol. The molecule has 2 amide bonds. The Hall–Kier alpha value is -3.52. The second kappa shape index (κ2) is 7.48. The maximum absolute atomic E-state index is 13.1. The summed E-state index contributed by atoms with van der Waals surface area (Å²) >= 11 is 1.29. The number of nitrogens with one attached hydrogen (secondary N) is 2. The first-order valence-corrected chi connectivity index (χ1v) is 9.66. The summed E-state index contributed by atoms with van der Waals surface area (Å²) in [4.78, 5) is 29.6. The van der Waals surface area contributed by atoms with Gasteiger partial charge in [0.2, 0.25) is 5.91 Å². The molecule has 0 aliphatic carbocycles. The molecule has 29 heavy (non-hydrogen) atoms. The van der Waals surface area contributed by atoms with Crippen LogP contribution in [0.4, 0.5) is 15.8 Å². The predicted octanol–water partition coefficient (Wildman–Crippen LogP) is 4.72. The molecule has 0 radical (unpaired) electrons. The molecule has 4 aromatic rings. The molecule has 0 bridgehead atoms. The fourth-order valence-electron chi connectivity index (χ4n) is 2.95. The maximum Gasteiger partial charge on any atom is 0.267 e.